The van der Waals surface area contributed by atoms with E-state index in [9.17, 15) is 0 Å². The summed E-state index contributed by atoms with van der Waals surface area (Å²) in [6, 6.07) is 30.3. The molecule has 1 N–H and O–H groups in total. The SMILES string of the molecule is CC(NC1OC1OC(C)(C)C)c1ccc(OC2CN(C(c3ccccc3)c3ccccc3)C2)cc1. The molecule has 3 aromatic rings. The minimum absolute atomic E-state index is 0.0525. The number of hydrogen-bond donors (Lipinski definition) is 1. The minimum Gasteiger partial charge on any atom is -0.488 e. The van der Waals surface area contributed by atoms with E-state index in [1.807, 2.05) is 20.8 Å². The quantitative estimate of drug-likeness (QED) is 0.406. The van der Waals surface area contributed by atoms with E-state index in [-0.39, 0.29) is 36.3 Å². The molecule has 3 unspecified atom stereocenters. The Bertz CT molecular complexity index is 1040. The molecule has 3 atom stereocenters. The maximum atomic E-state index is 6.30. The van der Waals surface area contributed by atoms with E-state index < -0.39 is 0 Å². The molecule has 0 radical (unpaired) electrons. The maximum Gasteiger partial charge on any atom is 0.200 e. The number of ether oxygens (including phenoxy) is 3. The van der Waals surface area contributed by atoms with Crippen molar-refractivity contribution in [3.8, 4) is 5.75 Å². The highest BCUT2D eigenvalue weighted by atomic mass is 16.8. The standard InChI is InChI=1S/C30H36N2O3/c1-21(31-28-29(34-28)35-30(2,3)4)22-15-17-25(18-16-22)33-26-19-32(20-26)27(23-11-7-5-8-12-23)24-13-9-6-10-14-24/h5-18,21,26-29,31H,19-20H2,1-4H3. The lowest BCUT2D eigenvalue weighted by atomic mass is 9.94. The Morgan fingerprint density at radius 1 is 0.829 bits per heavy atom. The fourth-order valence-electron chi connectivity index (χ4n) is 4.66. The molecule has 2 aliphatic heterocycles. The van der Waals surface area contributed by atoms with E-state index in [2.05, 4.69) is 102 Å². The van der Waals surface area contributed by atoms with Gasteiger partial charge in [0.1, 0.15) is 11.9 Å². The number of nitrogens with zero attached hydrogens (tertiary/aromatic N) is 1. The summed E-state index contributed by atoms with van der Waals surface area (Å²) in [4.78, 5) is 2.49. The predicted molar refractivity (Wildman–Crippen MR) is 138 cm³/mol. The average Bonchev–Trinajstić information content (AvgIpc) is 3.54. The molecule has 0 aromatic heterocycles. The first-order valence-corrected chi connectivity index (χ1v) is 12.6. The van der Waals surface area contributed by atoms with Gasteiger partial charge in [0.15, 0.2) is 12.5 Å². The number of epoxide rings is 1. The summed E-state index contributed by atoms with van der Waals surface area (Å²) in [6.07, 6.45) is -0.0259. The molecule has 2 saturated heterocycles. The van der Waals surface area contributed by atoms with Gasteiger partial charge in [0.25, 0.3) is 0 Å². The number of likely N-dealkylation sites (tertiary alicyclic amines) is 1. The van der Waals surface area contributed by atoms with E-state index in [1.54, 1.807) is 0 Å². The van der Waals surface area contributed by atoms with Crippen molar-refractivity contribution in [2.75, 3.05) is 13.1 Å². The van der Waals surface area contributed by atoms with Crippen LogP contribution in [0.15, 0.2) is 84.9 Å². The molecule has 2 aliphatic rings. The number of hydrogen-bond acceptors (Lipinski definition) is 5. The summed E-state index contributed by atoms with van der Waals surface area (Å²) in [5, 5.41) is 3.48. The first-order valence-electron chi connectivity index (χ1n) is 12.6. The predicted octanol–water partition coefficient (Wildman–Crippen LogP) is 5.69. The Balaban J connectivity index is 1.14. The van der Waals surface area contributed by atoms with E-state index in [0.717, 1.165) is 18.8 Å². The second-order valence-corrected chi connectivity index (χ2v) is 10.5. The van der Waals surface area contributed by atoms with E-state index in [4.69, 9.17) is 14.2 Å². The molecular formula is C30H36N2O3. The molecule has 3 aromatic carbocycles. The molecule has 184 valence electrons. The first-order chi connectivity index (χ1) is 16.9. The first kappa shape index (κ1) is 24.0. The van der Waals surface area contributed by atoms with Crippen LogP contribution in [0.4, 0.5) is 0 Å². The summed E-state index contributed by atoms with van der Waals surface area (Å²) in [5.74, 6) is 0.915. The number of nitrogens with one attached hydrogen (secondary N) is 1. The Hall–Kier alpha value is -2.70. The summed E-state index contributed by atoms with van der Waals surface area (Å²) in [7, 11) is 0. The van der Waals surface area contributed by atoms with Crippen molar-refractivity contribution in [3.63, 3.8) is 0 Å². The number of rotatable bonds is 9. The Kier molecular flexibility index (Phi) is 6.94. The van der Waals surface area contributed by atoms with Crippen molar-refractivity contribution in [1.29, 1.82) is 0 Å². The van der Waals surface area contributed by atoms with Crippen molar-refractivity contribution < 1.29 is 14.2 Å². The maximum absolute atomic E-state index is 6.30. The zero-order chi connectivity index (χ0) is 24.4. The van der Waals surface area contributed by atoms with Gasteiger partial charge in [0.05, 0.1) is 11.6 Å². The van der Waals surface area contributed by atoms with Gasteiger partial charge in [-0.1, -0.05) is 72.8 Å². The molecule has 5 heteroatoms. The second-order valence-electron chi connectivity index (χ2n) is 10.5. The molecule has 2 fully saturated rings. The van der Waals surface area contributed by atoms with Gasteiger partial charge in [-0.05, 0) is 56.5 Å². The fraction of sp³-hybridized carbons (Fsp3) is 0.400. The third kappa shape index (κ3) is 6.11. The zero-order valence-corrected chi connectivity index (χ0v) is 21.1. The van der Waals surface area contributed by atoms with Crippen LogP contribution < -0.4 is 10.1 Å². The van der Waals surface area contributed by atoms with Crippen LogP contribution >= 0.6 is 0 Å². The lowest BCUT2D eigenvalue weighted by Gasteiger charge is -2.44. The third-order valence-electron chi connectivity index (χ3n) is 6.49. The van der Waals surface area contributed by atoms with Gasteiger partial charge < -0.3 is 14.2 Å². The van der Waals surface area contributed by atoms with Crippen LogP contribution in [0, 0.1) is 0 Å². The monoisotopic (exact) mass is 472 g/mol. The summed E-state index contributed by atoms with van der Waals surface area (Å²) < 4.78 is 17.8. The molecule has 2 heterocycles. The third-order valence-corrected chi connectivity index (χ3v) is 6.49. The lowest BCUT2D eigenvalue weighted by molar-refractivity contribution is -0.0571. The molecule has 5 nitrogen and oxygen atoms in total. The molecule has 5 rings (SSSR count). The Labute approximate surface area is 209 Å². The van der Waals surface area contributed by atoms with Gasteiger partial charge in [-0.3, -0.25) is 10.2 Å². The normalized spacial score (nSPS) is 21.5. The minimum atomic E-state index is -0.206. The average molecular weight is 473 g/mol. The number of benzene rings is 3. The van der Waals surface area contributed by atoms with Crippen LogP contribution in [0.5, 0.6) is 5.75 Å². The summed E-state index contributed by atoms with van der Waals surface area (Å²) in [5.41, 5.74) is 3.63. The second kappa shape index (κ2) is 10.1. The van der Waals surface area contributed by atoms with Gasteiger partial charge in [0, 0.05) is 19.1 Å². The van der Waals surface area contributed by atoms with Crippen molar-refractivity contribution >= 4 is 0 Å². The summed E-state index contributed by atoms with van der Waals surface area (Å²) in [6.45, 7) is 10.1. The smallest absolute Gasteiger partial charge is 0.200 e. The van der Waals surface area contributed by atoms with Gasteiger partial charge >= 0.3 is 0 Å². The van der Waals surface area contributed by atoms with E-state index in [0.29, 0.717) is 0 Å². The molecule has 0 aliphatic carbocycles. The topological polar surface area (TPSA) is 46.3 Å². The lowest BCUT2D eigenvalue weighted by Crippen LogP contribution is -2.55. The molecule has 0 amide bonds. The van der Waals surface area contributed by atoms with E-state index in [1.165, 1.54) is 16.7 Å². The van der Waals surface area contributed by atoms with Crippen molar-refractivity contribution in [1.82, 2.24) is 10.2 Å². The zero-order valence-electron chi connectivity index (χ0n) is 21.1. The Morgan fingerprint density at radius 2 is 1.40 bits per heavy atom. The van der Waals surface area contributed by atoms with Crippen molar-refractivity contribution in [3.05, 3.63) is 102 Å². The van der Waals surface area contributed by atoms with Gasteiger partial charge in [-0.15, -0.1) is 0 Å². The highest BCUT2D eigenvalue weighted by molar-refractivity contribution is 5.33. The van der Waals surface area contributed by atoms with Gasteiger partial charge in [-0.25, -0.2) is 0 Å². The molecule has 0 saturated carbocycles. The fourth-order valence-corrected chi connectivity index (χ4v) is 4.66. The highest BCUT2D eigenvalue weighted by Crippen LogP contribution is 2.34. The van der Waals surface area contributed by atoms with Gasteiger partial charge in [0.2, 0.25) is 0 Å². The largest absolute Gasteiger partial charge is 0.488 e. The Morgan fingerprint density at radius 3 is 1.94 bits per heavy atom. The van der Waals surface area contributed by atoms with Crippen LogP contribution in [-0.2, 0) is 9.47 Å². The summed E-state index contributed by atoms with van der Waals surface area (Å²) >= 11 is 0. The molecule has 0 spiro atoms. The van der Waals surface area contributed by atoms with Crippen LogP contribution in [0.1, 0.15) is 56.5 Å². The molecular weight excluding hydrogens is 436 g/mol. The van der Waals surface area contributed by atoms with E-state index >= 15 is 0 Å². The van der Waals surface area contributed by atoms with Gasteiger partial charge in [-0.2, -0.15) is 0 Å². The molecule has 35 heavy (non-hydrogen) atoms. The highest BCUT2D eigenvalue weighted by Gasteiger charge is 2.43. The van der Waals surface area contributed by atoms with Crippen molar-refractivity contribution in [2.45, 2.75) is 64.0 Å². The van der Waals surface area contributed by atoms with Crippen molar-refractivity contribution in [2.24, 2.45) is 0 Å². The van der Waals surface area contributed by atoms with Crippen LogP contribution in [0.2, 0.25) is 0 Å². The molecule has 0 bridgehead atoms. The van der Waals surface area contributed by atoms with Crippen LogP contribution in [-0.4, -0.2) is 42.2 Å². The van der Waals surface area contributed by atoms with Crippen LogP contribution in [0.3, 0.4) is 0 Å². The van der Waals surface area contributed by atoms with Crippen LogP contribution in [0.25, 0.3) is 0 Å².